The molecule has 3 N–H and O–H groups in total. The fourth-order valence-electron chi connectivity index (χ4n) is 1.82. The minimum atomic E-state index is -0.423. The molecule has 0 heterocycles. The second-order valence-electron chi connectivity index (χ2n) is 5.09. The van der Waals surface area contributed by atoms with Gasteiger partial charge in [0.1, 0.15) is 0 Å². The molecule has 0 saturated carbocycles. The minimum Gasteiger partial charge on any atom is -0.466 e. The molecule has 0 rings (SSSR count). The molecular weight excluding hydrogens is 350 g/mol. The Kier molecular flexibility index (Phi) is 13.8. The van der Waals surface area contributed by atoms with Crippen LogP contribution < -0.4 is 11.1 Å². The zero-order valence-corrected chi connectivity index (χ0v) is 16.2. The average molecular weight is 378 g/mol. The highest BCUT2D eigenvalue weighted by Crippen LogP contribution is 2.11. The monoisotopic (exact) mass is 377 g/mol. The van der Waals surface area contributed by atoms with E-state index in [1.807, 2.05) is 19.1 Å². The standard InChI is InChI=1S/C20H28ClN3O2/c1-5-11-18(20(22)24-14-10-15-26-16(4)25)19(7-3)23-13-9-8-12-17(21)6-2/h5-9,11-13,20,24H,2-3,10,14-15,22H2,1,4H3/b9-8+,11-5-,17-12+,19-18-,23-13-. The Hall–Kier alpha value is -2.21. The first-order valence-electron chi connectivity index (χ1n) is 8.26. The predicted octanol–water partition coefficient (Wildman–Crippen LogP) is 3.77. The molecular formula is C20H28ClN3O2. The van der Waals surface area contributed by atoms with Crippen molar-refractivity contribution in [2.75, 3.05) is 13.2 Å². The summed E-state index contributed by atoms with van der Waals surface area (Å²) in [4.78, 5) is 15.1. The van der Waals surface area contributed by atoms with Crippen LogP contribution in [0, 0.1) is 0 Å². The number of halogens is 1. The third kappa shape index (κ3) is 11.4. The van der Waals surface area contributed by atoms with Crippen molar-refractivity contribution in [3.63, 3.8) is 0 Å². The fourth-order valence-corrected chi connectivity index (χ4v) is 1.89. The first-order chi connectivity index (χ1) is 12.5. The second-order valence-corrected chi connectivity index (χ2v) is 5.53. The summed E-state index contributed by atoms with van der Waals surface area (Å²) in [6.07, 6.45) is 14.1. The van der Waals surface area contributed by atoms with Gasteiger partial charge in [0.05, 0.1) is 18.5 Å². The van der Waals surface area contributed by atoms with Crippen LogP contribution in [0.1, 0.15) is 20.3 Å². The number of allylic oxidation sites excluding steroid dienone is 7. The van der Waals surface area contributed by atoms with E-state index in [2.05, 4.69) is 23.5 Å². The summed E-state index contributed by atoms with van der Waals surface area (Å²) < 4.78 is 4.89. The summed E-state index contributed by atoms with van der Waals surface area (Å²) in [5.74, 6) is -0.288. The Morgan fingerprint density at radius 3 is 2.65 bits per heavy atom. The van der Waals surface area contributed by atoms with Crippen molar-refractivity contribution in [2.24, 2.45) is 10.7 Å². The molecule has 142 valence electrons. The number of ether oxygens (including phenoxy) is 1. The fraction of sp³-hybridized carbons (Fsp3) is 0.300. The first-order valence-corrected chi connectivity index (χ1v) is 8.64. The summed E-state index contributed by atoms with van der Waals surface area (Å²) in [6.45, 7) is 11.6. The molecule has 0 radical (unpaired) electrons. The number of nitrogens with one attached hydrogen (secondary N) is 1. The number of rotatable bonds is 12. The van der Waals surface area contributed by atoms with Gasteiger partial charge in [0.2, 0.25) is 0 Å². The zero-order valence-electron chi connectivity index (χ0n) is 15.5. The van der Waals surface area contributed by atoms with Gasteiger partial charge in [-0.3, -0.25) is 15.1 Å². The number of hydrogen-bond donors (Lipinski definition) is 2. The summed E-state index contributed by atoms with van der Waals surface area (Å²) >= 11 is 5.82. The van der Waals surface area contributed by atoms with Gasteiger partial charge in [0, 0.05) is 30.3 Å². The molecule has 5 nitrogen and oxygen atoms in total. The lowest BCUT2D eigenvalue weighted by molar-refractivity contribution is -0.141. The second kappa shape index (κ2) is 15.1. The van der Waals surface area contributed by atoms with Crippen LogP contribution in [0.15, 0.2) is 77.0 Å². The zero-order chi connectivity index (χ0) is 19.8. The lowest BCUT2D eigenvalue weighted by Crippen LogP contribution is -2.40. The Bertz CT molecular complexity index is 617. The molecule has 26 heavy (non-hydrogen) atoms. The van der Waals surface area contributed by atoms with Gasteiger partial charge in [-0.2, -0.15) is 0 Å². The molecule has 1 unspecified atom stereocenters. The Balaban J connectivity index is 4.96. The first kappa shape index (κ1) is 23.8. The van der Waals surface area contributed by atoms with Crippen molar-refractivity contribution in [1.82, 2.24) is 5.32 Å². The van der Waals surface area contributed by atoms with Gasteiger partial charge in [0.25, 0.3) is 0 Å². The van der Waals surface area contributed by atoms with Gasteiger partial charge in [-0.1, -0.05) is 49.1 Å². The average Bonchev–Trinajstić information content (AvgIpc) is 2.62. The summed E-state index contributed by atoms with van der Waals surface area (Å²) in [5, 5.41) is 3.72. The predicted molar refractivity (Wildman–Crippen MR) is 111 cm³/mol. The van der Waals surface area contributed by atoms with Crippen LogP contribution in [-0.4, -0.2) is 31.5 Å². The van der Waals surface area contributed by atoms with E-state index in [9.17, 15) is 4.79 Å². The molecule has 0 aliphatic carbocycles. The molecule has 0 aromatic heterocycles. The molecule has 0 saturated heterocycles. The van der Waals surface area contributed by atoms with Crippen LogP contribution in [0.3, 0.4) is 0 Å². The number of carbonyl (C=O) groups is 1. The summed E-state index contributed by atoms with van der Waals surface area (Å²) in [6, 6.07) is 0. The van der Waals surface area contributed by atoms with Gasteiger partial charge < -0.3 is 10.5 Å². The molecule has 1 atom stereocenters. The SMILES string of the molecule is C=CC(/N=C\C=C\C=C(\Cl)C=C)=C(\C=C/C)C(N)NCCCOC(C)=O. The van der Waals surface area contributed by atoms with Crippen LogP contribution >= 0.6 is 11.6 Å². The molecule has 0 aromatic carbocycles. The van der Waals surface area contributed by atoms with Gasteiger partial charge in [-0.05, 0) is 31.6 Å². The molecule has 0 aliphatic rings. The van der Waals surface area contributed by atoms with Crippen LogP contribution in [-0.2, 0) is 9.53 Å². The summed E-state index contributed by atoms with van der Waals surface area (Å²) in [5.41, 5.74) is 7.67. The van der Waals surface area contributed by atoms with Crippen molar-refractivity contribution < 1.29 is 9.53 Å². The van der Waals surface area contributed by atoms with Crippen molar-refractivity contribution in [2.45, 2.75) is 26.4 Å². The molecule has 0 aromatic rings. The Labute approximate surface area is 161 Å². The summed E-state index contributed by atoms with van der Waals surface area (Å²) in [7, 11) is 0. The van der Waals surface area contributed by atoms with E-state index >= 15 is 0 Å². The van der Waals surface area contributed by atoms with E-state index in [0.717, 1.165) is 5.57 Å². The number of carbonyl (C=O) groups excluding carboxylic acids is 1. The number of nitrogens with two attached hydrogens (primary N) is 1. The number of aliphatic imine (C=N–C) groups is 1. The highest BCUT2D eigenvalue weighted by Gasteiger charge is 2.09. The number of esters is 1. The van der Waals surface area contributed by atoms with E-state index in [0.29, 0.717) is 30.3 Å². The van der Waals surface area contributed by atoms with E-state index in [1.165, 1.54) is 6.92 Å². The highest BCUT2D eigenvalue weighted by atomic mass is 35.5. The van der Waals surface area contributed by atoms with Crippen molar-refractivity contribution in [1.29, 1.82) is 0 Å². The lowest BCUT2D eigenvalue weighted by atomic mass is 10.1. The quantitative estimate of drug-likeness (QED) is 0.178. The largest absolute Gasteiger partial charge is 0.466 e. The van der Waals surface area contributed by atoms with Crippen molar-refractivity contribution in [3.05, 3.63) is 72.0 Å². The van der Waals surface area contributed by atoms with Crippen LogP contribution in [0.25, 0.3) is 0 Å². The Morgan fingerprint density at radius 1 is 1.35 bits per heavy atom. The minimum absolute atomic E-state index is 0.288. The van der Waals surface area contributed by atoms with Crippen LogP contribution in [0.5, 0.6) is 0 Å². The molecule has 0 bridgehead atoms. The molecule has 0 aliphatic heterocycles. The lowest BCUT2D eigenvalue weighted by Gasteiger charge is -2.16. The maximum atomic E-state index is 10.7. The number of nitrogens with zero attached hydrogens (tertiary/aromatic N) is 1. The van der Waals surface area contributed by atoms with Gasteiger partial charge in [-0.25, -0.2) is 0 Å². The van der Waals surface area contributed by atoms with Gasteiger partial charge in [-0.15, -0.1) is 0 Å². The molecule has 0 amide bonds. The topological polar surface area (TPSA) is 76.7 Å². The van der Waals surface area contributed by atoms with E-state index in [1.54, 1.807) is 36.6 Å². The van der Waals surface area contributed by atoms with E-state index in [4.69, 9.17) is 22.1 Å². The maximum Gasteiger partial charge on any atom is 0.302 e. The molecule has 0 fully saturated rings. The third-order valence-electron chi connectivity index (χ3n) is 3.02. The van der Waals surface area contributed by atoms with Crippen molar-refractivity contribution >= 4 is 23.8 Å². The normalized spacial score (nSPS) is 14.7. The smallest absolute Gasteiger partial charge is 0.302 e. The van der Waals surface area contributed by atoms with E-state index < -0.39 is 6.17 Å². The van der Waals surface area contributed by atoms with Gasteiger partial charge in [0.15, 0.2) is 0 Å². The van der Waals surface area contributed by atoms with Gasteiger partial charge >= 0.3 is 5.97 Å². The molecule has 6 heteroatoms. The highest BCUT2D eigenvalue weighted by molar-refractivity contribution is 6.31. The number of hydrogen-bond acceptors (Lipinski definition) is 5. The molecule has 0 spiro atoms. The van der Waals surface area contributed by atoms with Crippen molar-refractivity contribution in [3.8, 4) is 0 Å². The third-order valence-corrected chi connectivity index (χ3v) is 3.30. The maximum absolute atomic E-state index is 10.7. The van der Waals surface area contributed by atoms with E-state index in [-0.39, 0.29) is 5.97 Å². The Morgan fingerprint density at radius 2 is 2.08 bits per heavy atom. The van der Waals surface area contributed by atoms with Crippen LogP contribution in [0.2, 0.25) is 0 Å². The van der Waals surface area contributed by atoms with Crippen LogP contribution in [0.4, 0.5) is 0 Å².